The minimum atomic E-state index is -0.0799. The predicted molar refractivity (Wildman–Crippen MR) is 94.5 cm³/mol. The first-order valence-corrected chi connectivity index (χ1v) is 8.67. The molecule has 1 aromatic rings. The van der Waals surface area contributed by atoms with Crippen LogP contribution in [0.4, 0.5) is 0 Å². The second kappa shape index (κ2) is 9.88. The summed E-state index contributed by atoms with van der Waals surface area (Å²) in [6.07, 6.45) is 3.20. The average molecular weight is 349 g/mol. The van der Waals surface area contributed by atoms with Gasteiger partial charge in [-0.3, -0.25) is 9.59 Å². The van der Waals surface area contributed by atoms with Crippen LogP contribution in [0.3, 0.4) is 0 Å². The summed E-state index contributed by atoms with van der Waals surface area (Å²) >= 11 is 0. The van der Waals surface area contributed by atoms with Crippen molar-refractivity contribution in [2.75, 3.05) is 33.4 Å². The molecule has 0 saturated carbocycles. The van der Waals surface area contributed by atoms with E-state index >= 15 is 0 Å². The molecule has 3 N–H and O–H groups in total. The zero-order valence-corrected chi connectivity index (χ0v) is 14.7. The van der Waals surface area contributed by atoms with Crippen LogP contribution in [0.25, 0.3) is 0 Å². The SMILES string of the molecule is COc1ccccc1OCC(=O)N1CCCCC1CNC(=O)CCN. The van der Waals surface area contributed by atoms with E-state index in [1.54, 1.807) is 19.2 Å². The van der Waals surface area contributed by atoms with Gasteiger partial charge < -0.3 is 25.4 Å². The number of nitrogens with two attached hydrogens (primary N) is 1. The molecule has 1 fully saturated rings. The number of benzene rings is 1. The van der Waals surface area contributed by atoms with Crippen LogP contribution in [0.15, 0.2) is 24.3 Å². The molecule has 0 radical (unpaired) electrons. The van der Waals surface area contributed by atoms with Gasteiger partial charge in [-0.05, 0) is 31.4 Å². The highest BCUT2D eigenvalue weighted by Gasteiger charge is 2.27. The van der Waals surface area contributed by atoms with Gasteiger partial charge in [0, 0.05) is 32.1 Å². The number of hydrogen-bond acceptors (Lipinski definition) is 5. The monoisotopic (exact) mass is 349 g/mol. The Morgan fingerprint density at radius 2 is 2.04 bits per heavy atom. The lowest BCUT2D eigenvalue weighted by Gasteiger charge is -2.35. The molecule has 1 heterocycles. The van der Waals surface area contributed by atoms with Gasteiger partial charge in [0.2, 0.25) is 5.91 Å². The van der Waals surface area contributed by atoms with E-state index in [1.165, 1.54) is 0 Å². The Morgan fingerprint density at radius 3 is 2.76 bits per heavy atom. The highest BCUT2D eigenvalue weighted by atomic mass is 16.5. The zero-order chi connectivity index (χ0) is 18.1. The first-order valence-electron chi connectivity index (χ1n) is 8.67. The smallest absolute Gasteiger partial charge is 0.260 e. The van der Waals surface area contributed by atoms with Gasteiger partial charge >= 0.3 is 0 Å². The third-order valence-corrected chi connectivity index (χ3v) is 4.27. The minimum absolute atomic E-state index is 0.00393. The normalized spacial score (nSPS) is 17.0. The Bertz CT molecular complexity index is 579. The van der Waals surface area contributed by atoms with Crippen LogP contribution in [0.2, 0.25) is 0 Å². The summed E-state index contributed by atoms with van der Waals surface area (Å²) in [5, 5.41) is 2.86. The molecule has 1 unspecified atom stereocenters. The van der Waals surface area contributed by atoms with Gasteiger partial charge in [-0.2, -0.15) is 0 Å². The number of carbonyl (C=O) groups excluding carboxylic acids is 2. The summed E-state index contributed by atoms with van der Waals surface area (Å²) in [6.45, 7) is 1.42. The summed E-state index contributed by atoms with van der Waals surface area (Å²) in [4.78, 5) is 26.0. The third-order valence-electron chi connectivity index (χ3n) is 4.27. The van der Waals surface area contributed by atoms with Crippen molar-refractivity contribution < 1.29 is 19.1 Å². The van der Waals surface area contributed by atoms with Gasteiger partial charge in [0.05, 0.1) is 7.11 Å². The van der Waals surface area contributed by atoms with E-state index in [0.717, 1.165) is 19.3 Å². The lowest BCUT2D eigenvalue weighted by molar-refractivity contribution is -0.137. The van der Waals surface area contributed by atoms with Crippen molar-refractivity contribution in [3.8, 4) is 11.5 Å². The standard InChI is InChI=1S/C18H27N3O4/c1-24-15-7-2-3-8-16(15)25-13-18(23)21-11-5-4-6-14(21)12-20-17(22)9-10-19/h2-3,7-8,14H,4-6,9-13,19H2,1H3,(H,20,22). The fourth-order valence-corrected chi connectivity index (χ4v) is 2.95. The average Bonchev–Trinajstić information content (AvgIpc) is 2.65. The number of ether oxygens (including phenoxy) is 2. The summed E-state index contributed by atoms with van der Waals surface area (Å²) in [5.74, 6) is 0.983. The lowest BCUT2D eigenvalue weighted by Crippen LogP contribution is -2.50. The molecule has 7 heteroatoms. The summed E-state index contributed by atoms with van der Waals surface area (Å²) < 4.78 is 10.9. The molecule has 0 aliphatic carbocycles. The van der Waals surface area contributed by atoms with E-state index in [4.69, 9.17) is 15.2 Å². The largest absolute Gasteiger partial charge is 0.493 e. The highest BCUT2D eigenvalue weighted by Crippen LogP contribution is 2.26. The molecule has 1 saturated heterocycles. The molecular weight excluding hydrogens is 322 g/mol. The van der Waals surface area contributed by atoms with Crippen LogP contribution < -0.4 is 20.5 Å². The number of methoxy groups -OCH3 is 1. The zero-order valence-electron chi connectivity index (χ0n) is 14.7. The molecule has 1 aliphatic heterocycles. The van der Waals surface area contributed by atoms with Crippen LogP contribution in [0, 0.1) is 0 Å². The van der Waals surface area contributed by atoms with Gasteiger partial charge in [-0.25, -0.2) is 0 Å². The number of nitrogens with one attached hydrogen (secondary N) is 1. The number of para-hydroxylation sites is 2. The summed E-state index contributed by atoms with van der Waals surface area (Å²) in [5.41, 5.74) is 5.38. The van der Waals surface area contributed by atoms with Crippen molar-refractivity contribution in [2.24, 2.45) is 5.73 Å². The minimum Gasteiger partial charge on any atom is -0.493 e. The molecule has 0 bridgehead atoms. The van der Waals surface area contributed by atoms with Crippen LogP contribution in [0.1, 0.15) is 25.7 Å². The Balaban J connectivity index is 1.90. The molecule has 1 aromatic carbocycles. The van der Waals surface area contributed by atoms with E-state index in [-0.39, 0.29) is 24.5 Å². The van der Waals surface area contributed by atoms with Crippen molar-refractivity contribution in [1.29, 1.82) is 0 Å². The van der Waals surface area contributed by atoms with Gasteiger partial charge in [0.1, 0.15) is 0 Å². The van der Waals surface area contributed by atoms with Crippen LogP contribution in [-0.2, 0) is 9.59 Å². The second-order valence-corrected chi connectivity index (χ2v) is 6.02. The topological polar surface area (TPSA) is 93.9 Å². The molecule has 25 heavy (non-hydrogen) atoms. The quantitative estimate of drug-likeness (QED) is 0.728. The summed E-state index contributed by atoms with van der Waals surface area (Å²) in [6, 6.07) is 7.24. The molecular formula is C18H27N3O4. The molecule has 0 spiro atoms. The van der Waals surface area contributed by atoms with Crippen LogP contribution in [-0.4, -0.2) is 56.1 Å². The van der Waals surface area contributed by atoms with Crippen LogP contribution in [0.5, 0.6) is 11.5 Å². The maximum absolute atomic E-state index is 12.6. The van der Waals surface area contributed by atoms with E-state index in [1.807, 2.05) is 17.0 Å². The fourth-order valence-electron chi connectivity index (χ4n) is 2.95. The molecule has 7 nitrogen and oxygen atoms in total. The van der Waals surface area contributed by atoms with Gasteiger partial charge in [0.25, 0.3) is 5.91 Å². The van der Waals surface area contributed by atoms with E-state index < -0.39 is 0 Å². The Morgan fingerprint density at radius 1 is 1.28 bits per heavy atom. The van der Waals surface area contributed by atoms with Crippen molar-refractivity contribution in [2.45, 2.75) is 31.7 Å². The third kappa shape index (κ3) is 5.63. The Labute approximate surface area is 148 Å². The number of likely N-dealkylation sites (tertiary alicyclic amines) is 1. The maximum atomic E-state index is 12.6. The number of piperidine rings is 1. The molecule has 2 rings (SSSR count). The van der Waals surface area contributed by atoms with E-state index in [2.05, 4.69) is 5.32 Å². The molecule has 138 valence electrons. The van der Waals surface area contributed by atoms with Crippen LogP contribution >= 0.6 is 0 Å². The van der Waals surface area contributed by atoms with Crippen molar-refractivity contribution >= 4 is 11.8 Å². The molecule has 0 aromatic heterocycles. The molecule has 2 amide bonds. The number of rotatable bonds is 8. The van der Waals surface area contributed by atoms with Crippen molar-refractivity contribution in [3.63, 3.8) is 0 Å². The Kier molecular flexibility index (Phi) is 7.53. The number of nitrogens with zero attached hydrogens (tertiary/aromatic N) is 1. The van der Waals surface area contributed by atoms with E-state index in [0.29, 0.717) is 37.6 Å². The van der Waals surface area contributed by atoms with E-state index in [9.17, 15) is 9.59 Å². The molecule has 1 atom stereocenters. The predicted octanol–water partition coefficient (Wildman–Crippen LogP) is 0.920. The number of amides is 2. The lowest BCUT2D eigenvalue weighted by atomic mass is 10.0. The first kappa shape index (κ1) is 19.1. The molecule has 1 aliphatic rings. The number of carbonyl (C=O) groups is 2. The fraction of sp³-hybridized carbons (Fsp3) is 0.556. The maximum Gasteiger partial charge on any atom is 0.260 e. The van der Waals surface area contributed by atoms with Gasteiger partial charge in [-0.15, -0.1) is 0 Å². The van der Waals surface area contributed by atoms with Crippen molar-refractivity contribution in [1.82, 2.24) is 10.2 Å². The first-order chi connectivity index (χ1) is 12.2. The van der Waals surface area contributed by atoms with Gasteiger partial charge in [0.15, 0.2) is 18.1 Å². The Hall–Kier alpha value is -2.28. The highest BCUT2D eigenvalue weighted by molar-refractivity contribution is 5.79. The summed E-state index contributed by atoms with van der Waals surface area (Å²) in [7, 11) is 1.56. The van der Waals surface area contributed by atoms with Crippen molar-refractivity contribution in [3.05, 3.63) is 24.3 Å². The second-order valence-electron chi connectivity index (χ2n) is 6.02. The number of hydrogen-bond donors (Lipinski definition) is 2. The van der Waals surface area contributed by atoms with Gasteiger partial charge in [-0.1, -0.05) is 12.1 Å².